The molecule has 0 aliphatic rings. The lowest BCUT2D eigenvalue weighted by Gasteiger charge is -2.00. The average molecular weight is 269 g/mol. The molecule has 0 unspecified atom stereocenters. The zero-order valence-corrected chi connectivity index (χ0v) is 11.2. The van der Waals surface area contributed by atoms with Crippen LogP contribution in [0.4, 0.5) is 0 Å². The molecule has 0 fully saturated rings. The van der Waals surface area contributed by atoms with Crippen LogP contribution in [0, 0.1) is 0 Å². The molecule has 84 valence electrons. The van der Waals surface area contributed by atoms with Crippen molar-refractivity contribution in [1.82, 2.24) is 0 Å². The molecule has 0 aromatic heterocycles. The molecule has 0 saturated heterocycles. The van der Waals surface area contributed by atoms with Crippen LogP contribution in [-0.2, 0) is 6.42 Å². The smallest absolute Gasteiger partial charge is 0.0175 e. The molecule has 0 heterocycles. The molecule has 1 aromatic carbocycles. The molecule has 0 saturated carbocycles. The third-order valence-electron chi connectivity index (χ3n) is 2.23. The molecule has 1 aromatic rings. The Morgan fingerprint density at radius 3 is 2.13 bits per heavy atom. The highest BCUT2D eigenvalue weighted by molar-refractivity contribution is 9.10. The molecule has 0 radical (unpaired) electrons. The molecule has 0 aliphatic carbocycles. The summed E-state index contributed by atoms with van der Waals surface area (Å²) in [5.41, 5.74) is 1.46. The Morgan fingerprint density at radius 2 is 1.60 bits per heavy atom. The fourth-order valence-electron chi connectivity index (χ4n) is 1.41. The van der Waals surface area contributed by atoms with Crippen molar-refractivity contribution in [3.63, 3.8) is 0 Å². The maximum absolute atomic E-state index is 3.44. The summed E-state index contributed by atoms with van der Waals surface area (Å²) in [7, 11) is 0. The van der Waals surface area contributed by atoms with Gasteiger partial charge in [0.05, 0.1) is 0 Å². The highest BCUT2D eigenvalue weighted by Crippen LogP contribution is 2.13. The molecule has 0 amide bonds. The van der Waals surface area contributed by atoms with Gasteiger partial charge in [-0.2, -0.15) is 0 Å². The van der Waals surface area contributed by atoms with E-state index in [0.29, 0.717) is 0 Å². The minimum absolute atomic E-state index is 1.17. The summed E-state index contributed by atoms with van der Waals surface area (Å²) < 4.78 is 1.17. The number of halogens is 1. The van der Waals surface area contributed by atoms with E-state index in [1.807, 2.05) is 0 Å². The van der Waals surface area contributed by atoms with Crippen LogP contribution in [-0.4, -0.2) is 0 Å². The second kappa shape index (κ2) is 9.97. The van der Waals surface area contributed by atoms with Crippen LogP contribution in [0.1, 0.15) is 38.2 Å². The van der Waals surface area contributed by atoms with E-state index in [1.165, 1.54) is 42.1 Å². The van der Waals surface area contributed by atoms with Gasteiger partial charge in [0.1, 0.15) is 0 Å². The second-order valence-electron chi connectivity index (χ2n) is 3.44. The minimum Gasteiger partial charge on any atom is -0.106 e. The number of hydrogen-bond acceptors (Lipinski definition) is 0. The van der Waals surface area contributed by atoms with E-state index in [2.05, 4.69) is 60.3 Å². The first-order valence-electron chi connectivity index (χ1n) is 5.57. The predicted octanol–water partition coefficient (Wildman–Crippen LogP) is 5.37. The number of hydrogen-bond donors (Lipinski definition) is 0. The zero-order valence-electron chi connectivity index (χ0n) is 9.64. The summed E-state index contributed by atoms with van der Waals surface area (Å²) in [6.45, 7) is 8.25. The number of benzene rings is 1. The van der Waals surface area contributed by atoms with E-state index in [0.717, 1.165) is 0 Å². The molecule has 0 N–H and O–H groups in total. The Labute approximate surface area is 103 Å². The van der Waals surface area contributed by atoms with Gasteiger partial charge in [0.2, 0.25) is 0 Å². The fraction of sp³-hybridized carbons (Fsp3) is 0.429. The minimum atomic E-state index is 1.17. The molecule has 0 aliphatic heterocycles. The van der Waals surface area contributed by atoms with E-state index < -0.39 is 0 Å². The molecule has 15 heavy (non-hydrogen) atoms. The second-order valence-corrected chi connectivity index (χ2v) is 4.35. The van der Waals surface area contributed by atoms with E-state index in [-0.39, 0.29) is 0 Å². The van der Waals surface area contributed by atoms with Crippen molar-refractivity contribution in [2.45, 2.75) is 39.0 Å². The van der Waals surface area contributed by atoms with Gasteiger partial charge in [-0.25, -0.2) is 0 Å². The molecule has 1 rings (SSSR count). The zero-order chi connectivity index (χ0) is 11.5. The maximum Gasteiger partial charge on any atom is 0.0175 e. The molecule has 0 atom stereocenters. The first-order valence-corrected chi connectivity index (χ1v) is 6.36. The fourth-order valence-corrected chi connectivity index (χ4v) is 1.67. The molecule has 0 nitrogen and oxygen atoms in total. The maximum atomic E-state index is 3.44. The normalized spacial score (nSPS) is 9.20. The van der Waals surface area contributed by atoms with Gasteiger partial charge < -0.3 is 0 Å². The lowest BCUT2D eigenvalue weighted by Crippen LogP contribution is -1.84. The van der Waals surface area contributed by atoms with Crippen LogP contribution in [0.2, 0.25) is 0 Å². The molecule has 1 heteroatoms. The third-order valence-corrected chi connectivity index (χ3v) is 2.76. The standard InChI is InChI=1S/C12H17Br.C2H4/c1-2-3-4-5-6-11-7-9-12(13)10-8-11;1-2/h7-10H,2-6H2,1H3;1-2H2. The van der Waals surface area contributed by atoms with Crippen molar-refractivity contribution in [3.05, 3.63) is 47.5 Å². The van der Waals surface area contributed by atoms with Gasteiger partial charge in [-0.3, -0.25) is 0 Å². The van der Waals surface area contributed by atoms with E-state index >= 15 is 0 Å². The van der Waals surface area contributed by atoms with Gasteiger partial charge >= 0.3 is 0 Å². The summed E-state index contributed by atoms with van der Waals surface area (Å²) >= 11 is 3.44. The topological polar surface area (TPSA) is 0 Å². The number of rotatable bonds is 5. The molecule has 0 bridgehead atoms. The Balaban J connectivity index is 0.000000921. The molecular weight excluding hydrogens is 248 g/mol. The quantitative estimate of drug-likeness (QED) is 0.497. The van der Waals surface area contributed by atoms with Crippen molar-refractivity contribution >= 4 is 15.9 Å². The van der Waals surface area contributed by atoms with Gasteiger partial charge in [-0.1, -0.05) is 54.2 Å². The summed E-state index contributed by atoms with van der Waals surface area (Å²) in [5, 5.41) is 0. The summed E-state index contributed by atoms with van der Waals surface area (Å²) in [4.78, 5) is 0. The first-order chi connectivity index (χ1) is 7.33. The van der Waals surface area contributed by atoms with Gasteiger partial charge in [0.25, 0.3) is 0 Å². The Hall–Kier alpha value is -0.560. The van der Waals surface area contributed by atoms with E-state index in [4.69, 9.17) is 0 Å². The van der Waals surface area contributed by atoms with Crippen molar-refractivity contribution in [3.8, 4) is 0 Å². The predicted molar refractivity (Wildman–Crippen MR) is 73.2 cm³/mol. The van der Waals surface area contributed by atoms with Gasteiger partial charge in [0.15, 0.2) is 0 Å². The van der Waals surface area contributed by atoms with Crippen LogP contribution >= 0.6 is 15.9 Å². The monoisotopic (exact) mass is 268 g/mol. The Kier molecular flexibility index (Phi) is 9.60. The largest absolute Gasteiger partial charge is 0.106 e. The van der Waals surface area contributed by atoms with Crippen LogP contribution in [0.25, 0.3) is 0 Å². The first kappa shape index (κ1) is 14.4. The van der Waals surface area contributed by atoms with Crippen molar-refractivity contribution in [1.29, 1.82) is 0 Å². The van der Waals surface area contributed by atoms with E-state index in [1.54, 1.807) is 0 Å². The van der Waals surface area contributed by atoms with Crippen LogP contribution in [0.3, 0.4) is 0 Å². The summed E-state index contributed by atoms with van der Waals surface area (Å²) in [5.74, 6) is 0. The molecule has 0 spiro atoms. The SMILES string of the molecule is C=C.CCCCCCc1ccc(Br)cc1. The Morgan fingerprint density at radius 1 is 1.00 bits per heavy atom. The lowest BCUT2D eigenvalue weighted by atomic mass is 10.1. The van der Waals surface area contributed by atoms with Gasteiger partial charge in [-0.15, -0.1) is 13.2 Å². The van der Waals surface area contributed by atoms with Crippen LogP contribution in [0.15, 0.2) is 41.9 Å². The lowest BCUT2D eigenvalue weighted by molar-refractivity contribution is 0.667. The highest BCUT2D eigenvalue weighted by atomic mass is 79.9. The van der Waals surface area contributed by atoms with E-state index in [9.17, 15) is 0 Å². The van der Waals surface area contributed by atoms with Crippen LogP contribution < -0.4 is 0 Å². The highest BCUT2D eigenvalue weighted by Gasteiger charge is 1.92. The number of unbranched alkanes of at least 4 members (excludes halogenated alkanes) is 3. The van der Waals surface area contributed by atoms with Crippen LogP contribution in [0.5, 0.6) is 0 Å². The van der Waals surface area contributed by atoms with Gasteiger partial charge in [-0.05, 0) is 30.5 Å². The van der Waals surface area contributed by atoms with Gasteiger partial charge in [0, 0.05) is 4.47 Å². The van der Waals surface area contributed by atoms with Crippen molar-refractivity contribution in [2.24, 2.45) is 0 Å². The van der Waals surface area contributed by atoms with Crippen molar-refractivity contribution < 1.29 is 0 Å². The summed E-state index contributed by atoms with van der Waals surface area (Å²) in [6.07, 6.45) is 6.62. The number of aryl methyl sites for hydroxylation is 1. The third kappa shape index (κ3) is 7.38. The van der Waals surface area contributed by atoms with Crippen molar-refractivity contribution in [2.75, 3.05) is 0 Å². The molecular formula is C14H21Br. The average Bonchev–Trinajstić information content (AvgIpc) is 2.30. The Bertz CT molecular complexity index is 238. The summed E-state index contributed by atoms with van der Waals surface area (Å²) in [6, 6.07) is 8.65.